The van der Waals surface area contributed by atoms with Crippen LogP contribution in [-0.2, 0) is 14.4 Å². The molecule has 1 heterocycles. The quantitative estimate of drug-likeness (QED) is 0.809. The minimum Gasteiger partial charge on any atom is -0.482 e. The fourth-order valence-corrected chi connectivity index (χ4v) is 2.43. The summed E-state index contributed by atoms with van der Waals surface area (Å²) in [6.45, 7) is 0.924. The molecule has 22 heavy (non-hydrogen) atoms. The van der Waals surface area contributed by atoms with Crippen molar-refractivity contribution in [3.8, 4) is 5.75 Å². The number of hydrogen-bond acceptors (Lipinski definition) is 5. The van der Waals surface area contributed by atoms with Crippen LogP contribution in [0.25, 0.3) is 6.08 Å². The number of aliphatic imine (C=N–C) groups is 1. The van der Waals surface area contributed by atoms with Gasteiger partial charge in [0.2, 0.25) is 5.91 Å². The highest BCUT2D eigenvalue weighted by Gasteiger charge is 2.22. The number of nitrogens with one attached hydrogen (secondary N) is 1. The van der Waals surface area contributed by atoms with Crippen molar-refractivity contribution in [2.45, 2.75) is 6.92 Å². The van der Waals surface area contributed by atoms with Crippen LogP contribution in [0.15, 0.2) is 34.2 Å². The number of thioether (sulfide) groups is 1. The Hall–Kier alpha value is -2.61. The van der Waals surface area contributed by atoms with E-state index in [2.05, 4.69) is 10.3 Å². The number of rotatable bonds is 4. The number of nitrogens with zero attached hydrogens (tertiary/aromatic N) is 1. The van der Waals surface area contributed by atoms with Gasteiger partial charge in [0, 0.05) is 6.92 Å². The highest BCUT2D eigenvalue weighted by atomic mass is 32.2. The lowest BCUT2D eigenvalue weighted by atomic mass is 10.2. The highest BCUT2D eigenvalue weighted by Crippen LogP contribution is 2.27. The fourth-order valence-electron chi connectivity index (χ4n) is 1.57. The average Bonchev–Trinajstić information content (AvgIpc) is 2.77. The van der Waals surface area contributed by atoms with Crippen LogP contribution < -0.4 is 10.1 Å². The molecule has 0 bridgehead atoms. The molecular formula is C14H12N2O5S. The molecule has 1 aromatic carbocycles. The molecule has 114 valence electrons. The maximum Gasteiger partial charge on any atom is 0.341 e. The lowest BCUT2D eigenvalue weighted by Crippen LogP contribution is -2.23. The van der Waals surface area contributed by atoms with E-state index in [1.165, 1.54) is 6.92 Å². The SMILES string of the molecule is CC(=O)NC1=NC(=O)/C(=C\c2ccc(OCC(=O)O)cc2)S1. The van der Waals surface area contributed by atoms with E-state index in [9.17, 15) is 14.4 Å². The number of ether oxygens (including phenoxy) is 1. The summed E-state index contributed by atoms with van der Waals surface area (Å²) in [5.74, 6) is -1.34. The Bertz CT molecular complexity index is 679. The summed E-state index contributed by atoms with van der Waals surface area (Å²) in [5, 5.41) is 11.2. The Kier molecular flexibility index (Phi) is 4.95. The van der Waals surface area contributed by atoms with Gasteiger partial charge < -0.3 is 15.2 Å². The van der Waals surface area contributed by atoms with Gasteiger partial charge in [-0.1, -0.05) is 12.1 Å². The van der Waals surface area contributed by atoms with Gasteiger partial charge >= 0.3 is 5.97 Å². The van der Waals surface area contributed by atoms with Crippen molar-refractivity contribution in [1.29, 1.82) is 0 Å². The second-order valence-corrected chi connectivity index (χ2v) is 5.30. The summed E-state index contributed by atoms with van der Waals surface area (Å²) in [7, 11) is 0. The number of carboxylic acids is 1. The van der Waals surface area contributed by atoms with Gasteiger partial charge in [-0.3, -0.25) is 9.59 Å². The lowest BCUT2D eigenvalue weighted by Gasteiger charge is -2.03. The van der Waals surface area contributed by atoms with Crippen molar-refractivity contribution in [2.24, 2.45) is 4.99 Å². The Balaban J connectivity index is 2.03. The number of carbonyl (C=O) groups is 3. The van der Waals surface area contributed by atoms with E-state index in [0.717, 1.165) is 17.3 Å². The van der Waals surface area contributed by atoms with E-state index < -0.39 is 18.5 Å². The highest BCUT2D eigenvalue weighted by molar-refractivity contribution is 8.18. The van der Waals surface area contributed by atoms with Crippen LogP contribution in [-0.4, -0.2) is 34.7 Å². The molecule has 1 aromatic rings. The molecule has 0 saturated heterocycles. The van der Waals surface area contributed by atoms with Gasteiger partial charge in [-0.15, -0.1) is 0 Å². The molecule has 1 aliphatic heterocycles. The topological polar surface area (TPSA) is 105 Å². The van der Waals surface area contributed by atoms with Crippen LogP contribution in [0.1, 0.15) is 12.5 Å². The molecule has 2 amide bonds. The number of carbonyl (C=O) groups excluding carboxylic acids is 2. The van der Waals surface area contributed by atoms with Crippen LogP contribution >= 0.6 is 11.8 Å². The minimum absolute atomic E-state index is 0.255. The van der Waals surface area contributed by atoms with Gasteiger partial charge in [0.05, 0.1) is 4.91 Å². The summed E-state index contributed by atoms with van der Waals surface area (Å²) in [6, 6.07) is 6.59. The third-order valence-electron chi connectivity index (χ3n) is 2.44. The first-order chi connectivity index (χ1) is 10.4. The molecule has 2 N–H and O–H groups in total. The molecule has 0 aromatic heterocycles. The Morgan fingerprint density at radius 2 is 2.05 bits per heavy atom. The Morgan fingerprint density at radius 1 is 1.36 bits per heavy atom. The van der Waals surface area contributed by atoms with E-state index in [1.54, 1.807) is 30.3 Å². The molecular weight excluding hydrogens is 308 g/mol. The first-order valence-electron chi connectivity index (χ1n) is 6.19. The Labute approximate surface area is 130 Å². The first kappa shape index (κ1) is 15.8. The maximum atomic E-state index is 11.7. The molecule has 0 aliphatic carbocycles. The van der Waals surface area contributed by atoms with E-state index in [1.807, 2.05) is 0 Å². The number of aliphatic carboxylic acids is 1. The van der Waals surface area contributed by atoms with E-state index in [4.69, 9.17) is 9.84 Å². The number of amidine groups is 1. The van der Waals surface area contributed by atoms with Crippen LogP contribution in [0.2, 0.25) is 0 Å². The van der Waals surface area contributed by atoms with Gasteiger partial charge in [0.15, 0.2) is 11.8 Å². The predicted molar refractivity (Wildman–Crippen MR) is 81.4 cm³/mol. The second kappa shape index (κ2) is 6.90. The summed E-state index contributed by atoms with van der Waals surface area (Å²) in [5.41, 5.74) is 0.734. The monoisotopic (exact) mass is 320 g/mol. The normalized spacial score (nSPS) is 15.6. The summed E-state index contributed by atoms with van der Waals surface area (Å²) in [6.07, 6.45) is 1.63. The number of amides is 2. The molecule has 0 spiro atoms. The summed E-state index contributed by atoms with van der Waals surface area (Å²) < 4.78 is 5.01. The Morgan fingerprint density at radius 3 is 2.64 bits per heavy atom. The second-order valence-electron chi connectivity index (χ2n) is 4.27. The lowest BCUT2D eigenvalue weighted by molar-refractivity contribution is -0.139. The van der Waals surface area contributed by atoms with E-state index in [0.29, 0.717) is 10.7 Å². The molecule has 8 heteroatoms. The zero-order chi connectivity index (χ0) is 16.1. The number of hydrogen-bond donors (Lipinski definition) is 2. The predicted octanol–water partition coefficient (Wildman–Crippen LogP) is 1.26. The number of carboxylic acid groups (broad SMARTS) is 1. The van der Waals surface area contributed by atoms with Crippen LogP contribution in [0.4, 0.5) is 0 Å². The first-order valence-corrected chi connectivity index (χ1v) is 7.00. The van der Waals surface area contributed by atoms with E-state index in [-0.39, 0.29) is 11.1 Å². The molecule has 1 aliphatic rings. The largest absolute Gasteiger partial charge is 0.482 e. The zero-order valence-electron chi connectivity index (χ0n) is 11.5. The maximum absolute atomic E-state index is 11.7. The van der Waals surface area contributed by atoms with Gasteiger partial charge in [-0.25, -0.2) is 4.79 Å². The average molecular weight is 320 g/mol. The number of benzene rings is 1. The van der Waals surface area contributed by atoms with Crippen LogP contribution in [0.5, 0.6) is 5.75 Å². The molecule has 0 radical (unpaired) electrons. The molecule has 0 saturated carbocycles. The fraction of sp³-hybridized carbons (Fsp3) is 0.143. The van der Waals surface area contributed by atoms with Crippen molar-refractivity contribution in [3.05, 3.63) is 34.7 Å². The van der Waals surface area contributed by atoms with Crippen LogP contribution in [0, 0.1) is 0 Å². The van der Waals surface area contributed by atoms with Gasteiger partial charge in [0.25, 0.3) is 5.91 Å². The minimum atomic E-state index is -1.05. The van der Waals surface area contributed by atoms with Crippen molar-refractivity contribution in [2.75, 3.05) is 6.61 Å². The summed E-state index contributed by atoms with van der Waals surface area (Å²) in [4.78, 5) is 37.1. The molecule has 0 unspecified atom stereocenters. The third kappa shape index (κ3) is 4.45. The van der Waals surface area contributed by atoms with E-state index >= 15 is 0 Å². The molecule has 0 fully saturated rings. The zero-order valence-corrected chi connectivity index (χ0v) is 12.3. The molecule has 7 nitrogen and oxygen atoms in total. The summed E-state index contributed by atoms with van der Waals surface area (Å²) >= 11 is 1.08. The van der Waals surface area contributed by atoms with Crippen molar-refractivity contribution in [1.82, 2.24) is 5.32 Å². The van der Waals surface area contributed by atoms with Crippen molar-refractivity contribution >= 4 is 40.8 Å². The molecule has 2 rings (SSSR count). The van der Waals surface area contributed by atoms with Gasteiger partial charge in [-0.2, -0.15) is 4.99 Å². The molecule has 0 atom stereocenters. The van der Waals surface area contributed by atoms with Gasteiger partial charge in [-0.05, 0) is 35.5 Å². The van der Waals surface area contributed by atoms with Crippen molar-refractivity contribution < 1.29 is 24.2 Å². The van der Waals surface area contributed by atoms with Gasteiger partial charge in [0.1, 0.15) is 5.75 Å². The van der Waals surface area contributed by atoms with Crippen molar-refractivity contribution in [3.63, 3.8) is 0 Å². The standard InChI is InChI=1S/C14H12N2O5S/c1-8(17)15-14-16-13(20)11(22-14)6-9-2-4-10(5-3-9)21-7-12(18)19/h2-6H,7H2,1H3,(H,18,19)(H,15,16,17,20)/b11-6+. The van der Waals surface area contributed by atoms with Crippen LogP contribution in [0.3, 0.4) is 0 Å². The smallest absolute Gasteiger partial charge is 0.341 e. The third-order valence-corrected chi connectivity index (χ3v) is 3.34.